The average Bonchev–Trinajstić information content (AvgIpc) is 2.87. The van der Waals surface area contributed by atoms with Crippen molar-refractivity contribution in [1.29, 1.82) is 0 Å². The van der Waals surface area contributed by atoms with E-state index >= 15 is 0 Å². The SMILES string of the molecule is CC(N[C@@H]1C=C[C@H](CO)C1)c1ccsc1. The zero-order valence-electron chi connectivity index (χ0n) is 8.89. The molecule has 2 rings (SSSR count). The van der Waals surface area contributed by atoms with E-state index in [0.29, 0.717) is 18.0 Å². The minimum atomic E-state index is 0.265. The summed E-state index contributed by atoms with van der Waals surface area (Å²) in [5, 5.41) is 16.9. The van der Waals surface area contributed by atoms with E-state index in [1.54, 1.807) is 11.3 Å². The van der Waals surface area contributed by atoms with Crippen molar-refractivity contribution in [3.8, 4) is 0 Å². The molecule has 0 saturated heterocycles. The third-order valence-corrected chi connectivity index (χ3v) is 3.62. The third-order valence-electron chi connectivity index (χ3n) is 2.91. The van der Waals surface area contributed by atoms with Crippen LogP contribution in [0.5, 0.6) is 0 Å². The van der Waals surface area contributed by atoms with Gasteiger partial charge in [0.1, 0.15) is 0 Å². The van der Waals surface area contributed by atoms with Crippen molar-refractivity contribution < 1.29 is 5.11 Å². The molecule has 1 unspecified atom stereocenters. The highest BCUT2D eigenvalue weighted by molar-refractivity contribution is 7.07. The van der Waals surface area contributed by atoms with Gasteiger partial charge in [-0.05, 0) is 35.7 Å². The molecule has 2 N–H and O–H groups in total. The molecule has 0 amide bonds. The second-order valence-electron chi connectivity index (χ2n) is 4.11. The first-order valence-corrected chi connectivity index (χ1v) is 6.31. The summed E-state index contributed by atoms with van der Waals surface area (Å²) >= 11 is 1.73. The molecule has 0 aromatic carbocycles. The zero-order valence-corrected chi connectivity index (χ0v) is 9.70. The van der Waals surface area contributed by atoms with Gasteiger partial charge in [0.05, 0.1) is 0 Å². The molecular formula is C12H17NOS. The summed E-state index contributed by atoms with van der Waals surface area (Å²) in [5.41, 5.74) is 1.35. The van der Waals surface area contributed by atoms with E-state index in [1.807, 2.05) is 0 Å². The molecule has 1 aliphatic carbocycles. The number of hydrogen-bond acceptors (Lipinski definition) is 3. The van der Waals surface area contributed by atoms with Crippen molar-refractivity contribution in [2.24, 2.45) is 5.92 Å². The summed E-state index contributed by atoms with van der Waals surface area (Å²) in [6.07, 6.45) is 5.30. The maximum absolute atomic E-state index is 9.02. The van der Waals surface area contributed by atoms with Crippen LogP contribution in [0.1, 0.15) is 24.9 Å². The summed E-state index contributed by atoms with van der Waals surface area (Å²) in [4.78, 5) is 0. The Bertz CT molecular complexity index is 320. The maximum Gasteiger partial charge on any atom is 0.0494 e. The predicted molar refractivity (Wildman–Crippen MR) is 64.0 cm³/mol. The molecule has 82 valence electrons. The molecule has 0 saturated carbocycles. The Morgan fingerprint density at radius 3 is 3.07 bits per heavy atom. The molecule has 1 aromatic heterocycles. The van der Waals surface area contributed by atoms with Crippen LogP contribution in [0.3, 0.4) is 0 Å². The highest BCUT2D eigenvalue weighted by atomic mass is 32.1. The van der Waals surface area contributed by atoms with Gasteiger partial charge in [-0.2, -0.15) is 11.3 Å². The highest BCUT2D eigenvalue weighted by Crippen LogP contribution is 2.22. The minimum absolute atomic E-state index is 0.265. The topological polar surface area (TPSA) is 32.3 Å². The summed E-state index contributed by atoms with van der Waals surface area (Å²) < 4.78 is 0. The van der Waals surface area contributed by atoms with Crippen LogP contribution in [0.15, 0.2) is 29.0 Å². The van der Waals surface area contributed by atoms with Crippen molar-refractivity contribution in [1.82, 2.24) is 5.32 Å². The van der Waals surface area contributed by atoms with Crippen LogP contribution >= 0.6 is 11.3 Å². The number of thiophene rings is 1. The molecule has 3 atom stereocenters. The van der Waals surface area contributed by atoms with Gasteiger partial charge in [0.2, 0.25) is 0 Å². The van der Waals surface area contributed by atoms with E-state index in [2.05, 4.69) is 41.2 Å². The van der Waals surface area contributed by atoms with Gasteiger partial charge in [0.25, 0.3) is 0 Å². The molecule has 1 aliphatic rings. The van der Waals surface area contributed by atoms with Gasteiger partial charge in [-0.1, -0.05) is 12.2 Å². The predicted octanol–water partition coefficient (Wildman–Crippen LogP) is 2.34. The van der Waals surface area contributed by atoms with Crippen molar-refractivity contribution in [3.63, 3.8) is 0 Å². The van der Waals surface area contributed by atoms with Crippen LogP contribution in [0.2, 0.25) is 0 Å². The molecule has 1 heterocycles. The van der Waals surface area contributed by atoms with Crippen LogP contribution in [0.4, 0.5) is 0 Å². The summed E-state index contributed by atoms with van der Waals surface area (Å²) in [6.45, 7) is 2.45. The smallest absolute Gasteiger partial charge is 0.0494 e. The van der Waals surface area contributed by atoms with Crippen molar-refractivity contribution in [3.05, 3.63) is 34.5 Å². The van der Waals surface area contributed by atoms with Crippen LogP contribution < -0.4 is 5.32 Å². The van der Waals surface area contributed by atoms with Crippen LogP contribution in [0, 0.1) is 5.92 Å². The molecule has 0 radical (unpaired) electrons. The Kier molecular flexibility index (Phi) is 3.57. The summed E-state index contributed by atoms with van der Waals surface area (Å²) in [6, 6.07) is 2.96. The second kappa shape index (κ2) is 4.92. The molecule has 1 aromatic rings. The molecular weight excluding hydrogens is 206 g/mol. The summed E-state index contributed by atoms with van der Waals surface area (Å²) in [5.74, 6) is 0.345. The fraction of sp³-hybridized carbons (Fsp3) is 0.500. The van der Waals surface area contributed by atoms with E-state index in [-0.39, 0.29) is 6.61 Å². The number of aliphatic hydroxyl groups excluding tert-OH is 1. The Morgan fingerprint density at radius 1 is 1.60 bits per heavy atom. The molecule has 0 aliphatic heterocycles. The van der Waals surface area contributed by atoms with Gasteiger partial charge in [-0.15, -0.1) is 0 Å². The maximum atomic E-state index is 9.02. The van der Waals surface area contributed by atoms with Crippen LogP contribution in [-0.4, -0.2) is 17.8 Å². The lowest BCUT2D eigenvalue weighted by Gasteiger charge is -2.18. The number of hydrogen-bond donors (Lipinski definition) is 2. The largest absolute Gasteiger partial charge is 0.396 e. The Balaban J connectivity index is 1.86. The first-order chi connectivity index (χ1) is 7.29. The Hall–Kier alpha value is -0.640. The van der Waals surface area contributed by atoms with Gasteiger partial charge < -0.3 is 10.4 Å². The van der Waals surface area contributed by atoms with Gasteiger partial charge in [-0.25, -0.2) is 0 Å². The Labute approximate surface area is 94.6 Å². The lowest BCUT2D eigenvalue weighted by Crippen LogP contribution is -2.29. The molecule has 2 nitrogen and oxygen atoms in total. The van der Waals surface area contributed by atoms with Gasteiger partial charge in [0.15, 0.2) is 0 Å². The standard InChI is InChI=1S/C12H17NOS/c1-9(11-4-5-15-8-11)13-12-3-2-10(6-12)7-14/h2-5,8-10,12-14H,6-7H2,1H3/t9?,10-,12+/m0/s1. The van der Waals surface area contributed by atoms with Crippen molar-refractivity contribution in [2.45, 2.75) is 25.4 Å². The second-order valence-corrected chi connectivity index (χ2v) is 4.89. The van der Waals surface area contributed by atoms with E-state index in [4.69, 9.17) is 5.11 Å². The van der Waals surface area contributed by atoms with Crippen molar-refractivity contribution >= 4 is 11.3 Å². The van der Waals surface area contributed by atoms with Gasteiger partial charge in [-0.3, -0.25) is 0 Å². The quantitative estimate of drug-likeness (QED) is 0.768. The monoisotopic (exact) mass is 223 g/mol. The zero-order chi connectivity index (χ0) is 10.7. The van der Waals surface area contributed by atoms with Gasteiger partial charge in [0, 0.05) is 24.6 Å². The number of nitrogens with one attached hydrogen (secondary N) is 1. The fourth-order valence-corrected chi connectivity index (χ4v) is 2.73. The van der Waals surface area contributed by atoms with Crippen LogP contribution in [-0.2, 0) is 0 Å². The van der Waals surface area contributed by atoms with E-state index < -0.39 is 0 Å². The third kappa shape index (κ3) is 2.68. The molecule has 0 fully saturated rings. The molecule has 15 heavy (non-hydrogen) atoms. The van der Waals surface area contributed by atoms with E-state index in [0.717, 1.165) is 6.42 Å². The molecule has 3 heteroatoms. The van der Waals surface area contributed by atoms with Gasteiger partial charge >= 0.3 is 0 Å². The molecule has 0 spiro atoms. The lowest BCUT2D eigenvalue weighted by atomic mass is 10.1. The molecule has 0 bridgehead atoms. The lowest BCUT2D eigenvalue weighted by molar-refractivity contribution is 0.245. The highest BCUT2D eigenvalue weighted by Gasteiger charge is 2.19. The average molecular weight is 223 g/mol. The summed E-state index contributed by atoms with van der Waals surface area (Å²) in [7, 11) is 0. The number of rotatable bonds is 4. The van der Waals surface area contributed by atoms with Crippen LogP contribution in [0.25, 0.3) is 0 Å². The first kappa shape index (κ1) is 10.9. The first-order valence-electron chi connectivity index (χ1n) is 5.37. The van der Waals surface area contributed by atoms with Crippen molar-refractivity contribution in [2.75, 3.05) is 6.61 Å². The Morgan fingerprint density at radius 2 is 2.47 bits per heavy atom. The fourth-order valence-electron chi connectivity index (χ4n) is 1.97. The van der Waals surface area contributed by atoms with E-state index in [1.165, 1.54) is 5.56 Å². The van der Waals surface area contributed by atoms with E-state index in [9.17, 15) is 0 Å². The normalized spacial score (nSPS) is 27.1. The minimum Gasteiger partial charge on any atom is -0.396 e. The number of aliphatic hydroxyl groups is 1.